The summed E-state index contributed by atoms with van der Waals surface area (Å²) in [6.07, 6.45) is 2.79. The molecule has 6 nitrogen and oxygen atoms in total. The summed E-state index contributed by atoms with van der Waals surface area (Å²) in [5.41, 5.74) is 0.304. The van der Waals surface area contributed by atoms with Gasteiger partial charge in [-0.3, -0.25) is 9.52 Å². The lowest BCUT2D eigenvalue weighted by Gasteiger charge is -2.14. The second-order valence-electron chi connectivity index (χ2n) is 7.97. The largest absolute Gasteiger partial charge is 0.477 e. The van der Waals surface area contributed by atoms with Gasteiger partial charge in [-0.15, -0.1) is 5.10 Å². The number of carbonyl (C=O) groups excluding carboxylic acids is 1. The number of aromatic nitrogens is 3. The van der Waals surface area contributed by atoms with Crippen molar-refractivity contribution in [1.29, 1.82) is 0 Å². The number of pyridine rings is 1. The first kappa shape index (κ1) is 22.4. The minimum atomic E-state index is -1.05. The summed E-state index contributed by atoms with van der Waals surface area (Å²) in [5, 5.41) is 4.50. The zero-order valence-electron chi connectivity index (χ0n) is 17.3. The van der Waals surface area contributed by atoms with E-state index in [4.69, 9.17) is 16.3 Å². The highest BCUT2D eigenvalue weighted by atomic mass is 35.5. The van der Waals surface area contributed by atoms with Crippen LogP contribution in [-0.2, 0) is 0 Å². The van der Waals surface area contributed by atoms with Gasteiger partial charge in [0.05, 0.1) is 12.2 Å². The normalized spacial score (nSPS) is 11.3. The first-order valence-electron chi connectivity index (χ1n) is 9.69. The van der Waals surface area contributed by atoms with Crippen LogP contribution in [0, 0.1) is 0 Å². The fourth-order valence-electron chi connectivity index (χ4n) is 2.66. The number of ether oxygens (including phenoxy) is 1. The molecule has 1 aromatic carbocycles. The van der Waals surface area contributed by atoms with Gasteiger partial charge >= 0.3 is 0 Å². The van der Waals surface area contributed by atoms with Gasteiger partial charge in [-0.05, 0) is 42.6 Å². The Morgan fingerprint density at radius 3 is 2.63 bits per heavy atom. The van der Waals surface area contributed by atoms with Crippen LogP contribution >= 0.6 is 23.5 Å². The lowest BCUT2D eigenvalue weighted by atomic mass is 10.3. The first-order chi connectivity index (χ1) is 14.3. The number of hydrogen-bond donors (Lipinski definition) is 1. The van der Waals surface area contributed by atoms with Crippen molar-refractivity contribution in [2.75, 3.05) is 6.61 Å². The molecule has 0 aliphatic carbocycles. The molecule has 0 unspecified atom stereocenters. The SMILES string of the molecule is C[Si](C)(C)CCCOc1ccn(-c2ccc(C(=O)NSc3ccccc3)c(Cl)n2)n1. The Balaban J connectivity index is 1.58. The average Bonchev–Trinajstić information content (AvgIpc) is 3.18. The van der Waals surface area contributed by atoms with Gasteiger partial charge in [-0.1, -0.05) is 55.5 Å². The van der Waals surface area contributed by atoms with Gasteiger partial charge in [0.15, 0.2) is 5.82 Å². The molecule has 2 aromatic heterocycles. The smallest absolute Gasteiger partial charge is 0.264 e. The number of amides is 1. The molecule has 1 amide bonds. The van der Waals surface area contributed by atoms with E-state index in [1.165, 1.54) is 18.0 Å². The molecule has 0 bridgehead atoms. The fraction of sp³-hybridized carbons (Fsp3) is 0.286. The highest BCUT2D eigenvalue weighted by Gasteiger charge is 2.15. The summed E-state index contributed by atoms with van der Waals surface area (Å²) < 4.78 is 10.1. The van der Waals surface area contributed by atoms with E-state index in [2.05, 4.69) is 34.4 Å². The summed E-state index contributed by atoms with van der Waals surface area (Å²) in [6, 6.07) is 15.9. The molecule has 30 heavy (non-hydrogen) atoms. The minimum Gasteiger partial charge on any atom is -0.477 e. The van der Waals surface area contributed by atoms with Gasteiger partial charge in [0.1, 0.15) is 5.15 Å². The Labute approximate surface area is 187 Å². The van der Waals surface area contributed by atoms with Crippen molar-refractivity contribution in [3.63, 3.8) is 0 Å². The van der Waals surface area contributed by atoms with Crippen molar-refractivity contribution in [2.24, 2.45) is 0 Å². The number of halogens is 1. The first-order valence-corrected chi connectivity index (χ1v) is 14.6. The Kier molecular flexibility index (Phi) is 7.57. The topological polar surface area (TPSA) is 69.0 Å². The second kappa shape index (κ2) is 10.1. The summed E-state index contributed by atoms with van der Waals surface area (Å²) in [7, 11) is -1.05. The molecular weight excluding hydrogens is 436 g/mol. The van der Waals surface area contributed by atoms with Crippen LogP contribution < -0.4 is 9.46 Å². The predicted octanol–water partition coefficient (Wildman–Crippen LogP) is 5.46. The molecule has 3 aromatic rings. The fourth-order valence-corrected chi connectivity index (χ4v) is 4.72. The maximum atomic E-state index is 12.4. The van der Waals surface area contributed by atoms with Crippen LogP contribution in [0.15, 0.2) is 59.6 Å². The quantitative estimate of drug-likeness (QED) is 0.198. The standard InChI is InChI=1S/C21H25ClN4O2SSi/c1-30(2,3)15-7-14-28-19-12-13-26(24-19)18-11-10-17(20(22)23-18)21(27)25-29-16-8-5-4-6-9-16/h4-6,8-13H,7,14-15H2,1-3H3,(H,25,27). The van der Waals surface area contributed by atoms with E-state index in [9.17, 15) is 4.79 Å². The van der Waals surface area contributed by atoms with Crippen molar-refractivity contribution >= 4 is 37.5 Å². The highest BCUT2D eigenvalue weighted by molar-refractivity contribution is 7.98. The summed E-state index contributed by atoms with van der Waals surface area (Å²) >= 11 is 7.49. The number of benzene rings is 1. The lowest BCUT2D eigenvalue weighted by molar-refractivity contribution is 0.0984. The Morgan fingerprint density at radius 1 is 1.17 bits per heavy atom. The maximum absolute atomic E-state index is 12.4. The van der Waals surface area contributed by atoms with Crippen LogP contribution in [0.3, 0.4) is 0 Å². The third kappa shape index (κ3) is 6.61. The van der Waals surface area contributed by atoms with E-state index in [0.717, 1.165) is 11.3 Å². The molecule has 0 radical (unpaired) electrons. The van der Waals surface area contributed by atoms with Crippen LogP contribution in [0.5, 0.6) is 5.88 Å². The van der Waals surface area contributed by atoms with Crippen molar-refractivity contribution < 1.29 is 9.53 Å². The van der Waals surface area contributed by atoms with Crippen molar-refractivity contribution in [3.05, 3.63) is 65.4 Å². The van der Waals surface area contributed by atoms with Gasteiger partial charge in [-0.25, -0.2) is 9.67 Å². The van der Waals surface area contributed by atoms with Crippen molar-refractivity contribution in [1.82, 2.24) is 19.5 Å². The Bertz CT molecular complexity index is 992. The summed E-state index contributed by atoms with van der Waals surface area (Å²) in [4.78, 5) is 17.7. The van der Waals surface area contributed by atoms with E-state index in [1.807, 2.05) is 30.3 Å². The van der Waals surface area contributed by atoms with Crippen LogP contribution in [0.25, 0.3) is 5.82 Å². The molecular formula is C21H25ClN4O2SSi. The Morgan fingerprint density at radius 2 is 1.93 bits per heavy atom. The van der Waals surface area contributed by atoms with Crippen molar-refractivity contribution in [2.45, 2.75) is 37.0 Å². The number of carbonyl (C=O) groups is 1. The van der Waals surface area contributed by atoms with E-state index < -0.39 is 8.07 Å². The lowest BCUT2D eigenvalue weighted by Crippen LogP contribution is -2.20. The molecule has 0 fully saturated rings. The summed E-state index contributed by atoms with van der Waals surface area (Å²) in [6.45, 7) is 7.69. The zero-order chi connectivity index (χ0) is 21.6. The molecule has 9 heteroatoms. The average molecular weight is 461 g/mol. The molecule has 0 aliphatic heterocycles. The maximum Gasteiger partial charge on any atom is 0.264 e. The van der Waals surface area contributed by atoms with Crippen LogP contribution in [0.1, 0.15) is 16.8 Å². The van der Waals surface area contributed by atoms with Gasteiger partial charge in [0, 0.05) is 25.2 Å². The van der Waals surface area contributed by atoms with Crippen LogP contribution in [0.2, 0.25) is 30.8 Å². The third-order valence-electron chi connectivity index (χ3n) is 4.20. The number of rotatable bonds is 9. The van der Waals surface area contributed by atoms with Crippen LogP contribution in [-0.4, -0.2) is 35.4 Å². The van der Waals surface area contributed by atoms with E-state index in [-0.39, 0.29) is 11.1 Å². The molecule has 0 saturated carbocycles. The number of hydrogen-bond acceptors (Lipinski definition) is 5. The number of nitrogens with one attached hydrogen (secondary N) is 1. The minimum absolute atomic E-state index is 0.117. The molecule has 0 spiro atoms. The van der Waals surface area contributed by atoms with Crippen molar-refractivity contribution in [3.8, 4) is 11.7 Å². The van der Waals surface area contributed by atoms with E-state index in [0.29, 0.717) is 23.9 Å². The van der Waals surface area contributed by atoms with Gasteiger partial charge in [0.2, 0.25) is 5.88 Å². The molecule has 0 atom stereocenters. The monoisotopic (exact) mass is 460 g/mol. The van der Waals surface area contributed by atoms with Gasteiger partial charge in [-0.2, -0.15) is 0 Å². The molecule has 1 N–H and O–H groups in total. The zero-order valence-corrected chi connectivity index (χ0v) is 19.8. The van der Waals surface area contributed by atoms with Gasteiger partial charge in [0.25, 0.3) is 5.91 Å². The molecule has 158 valence electrons. The Hall–Kier alpha value is -2.29. The number of nitrogens with zero attached hydrogens (tertiary/aromatic N) is 3. The molecule has 0 saturated heterocycles. The summed E-state index contributed by atoms with van der Waals surface area (Å²) in [5.74, 6) is 0.758. The molecule has 3 rings (SSSR count). The van der Waals surface area contributed by atoms with E-state index >= 15 is 0 Å². The molecule has 2 heterocycles. The van der Waals surface area contributed by atoms with E-state index in [1.54, 1.807) is 29.1 Å². The van der Waals surface area contributed by atoms with Gasteiger partial charge < -0.3 is 4.74 Å². The predicted molar refractivity (Wildman–Crippen MR) is 124 cm³/mol. The highest BCUT2D eigenvalue weighted by Crippen LogP contribution is 2.20. The van der Waals surface area contributed by atoms with Crippen LogP contribution in [0.4, 0.5) is 0 Å². The third-order valence-corrected chi connectivity index (χ3v) is 7.14. The second-order valence-corrected chi connectivity index (χ2v) is 14.8. The molecule has 0 aliphatic rings.